The van der Waals surface area contributed by atoms with E-state index in [2.05, 4.69) is 13.5 Å². The number of aliphatic hydroxyl groups is 1. The molecule has 0 aromatic heterocycles. The van der Waals surface area contributed by atoms with Crippen LogP contribution in [-0.4, -0.2) is 35.6 Å². The van der Waals surface area contributed by atoms with Crippen molar-refractivity contribution in [1.29, 1.82) is 0 Å². The van der Waals surface area contributed by atoms with Crippen LogP contribution in [-0.2, 0) is 9.53 Å². The van der Waals surface area contributed by atoms with Gasteiger partial charge in [0.15, 0.2) is 0 Å². The quantitative estimate of drug-likeness (QED) is 0.580. The molecule has 0 saturated heterocycles. The number of hydrogen-bond donors (Lipinski definition) is 1. The fourth-order valence-electron chi connectivity index (χ4n) is 8.15. The third kappa shape index (κ3) is 3.58. The molecular weight excluding hydrogens is 386 g/mol. The number of ketones is 1. The number of hydrogen-bond acceptors (Lipinski definition) is 3. The molecule has 0 aliphatic heterocycles. The Balaban J connectivity index is 1.48. The Morgan fingerprint density at radius 1 is 1.13 bits per heavy atom. The predicted molar refractivity (Wildman–Crippen MR) is 112 cm³/mol. The molecule has 0 heterocycles. The van der Waals surface area contributed by atoms with E-state index in [-0.39, 0.29) is 5.41 Å². The number of allylic oxidation sites excluding steroid dienone is 1. The number of carbonyl (C=O) groups is 1. The monoisotopic (exact) mass is 424 g/mol. The third-order valence-electron chi connectivity index (χ3n) is 9.58. The summed E-state index contributed by atoms with van der Waals surface area (Å²) in [6, 6.07) is 0. The Hall–Kier alpha value is -0.810. The van der Waals surface area contributed by atoms with Crippen LogP contribution in [0.2, 0.25) is 0 Å². The molecule has 4 aliphatic carbocycles. The van der Waals surface area contributed by atoms with E-state index in [1.807, 2.05) is 6.92 Å². The summed E-state index contributed by atoms with van der Waals surface area (Å²) in [4.78, 5) is 12.6. The van der Waals surface area contributed by atoms with E-state index in [1.165, 1.54) is 0 Å². The number of carbonyl (C=O) groups excluding carboxylic acids is 1. The molecule has 0 bridgehead atoms. The number of ether oxygens (including phenoxy) is 1. The summed E-state index contributed by atoms with van der Waals surface area (Å²) in [5.74, 6) is -2.17. The van der Waals surface area contributed by atoms with Crippen LogP contribution in [0.3, 0.4) is 0 Å². The molecule has 5 heteroatoms. The molecule has 3 nitrogen and oxygen atoms in total. The Morgan fingerprint density at radius 3 is 2.57 bits per heavy atom. The van der Waals surface area contributed by atoms with Crippen LogP contribution in [0.15, 0.2) is 12.7 Å². The second-order valence-electron chi connectivity index (χ2n) is 10.9. The number of fused-ring (bicyclic) bond motifs is 5. The molecule has 0 aromatic rings. The van der Waals surface area contributed by atoms with Crippen molar-refractivity contribution in [1.82, 2.24) is 0 Å². The van der Waals surface area contributed by atoms with Gasteiger partial charge in [0.05, 0.1) is 12.2 Å². The zero-order valence-corrected chi connectivity index (χ0v) is 18.5. The highest BCUT2D eigenvalue weighted by atomic mass is 19.3. The molecule has 0 spiro atoms. The van der Waals surface area contributed by atoms with Gasteiger partial charge in [-0.3, -0.25) is 4.79 Å². The van der Waals surface area contributed by atoms with Gasteiger partial charge in [0.25, 0.3) is 0 Å². The van der Waals surface area contributed by atoms with Gasteiger partial charge in [0.2, 0.25) is 5.78 Å². The van der Waals surface area contributed by atoms with Crippen molar-refractivity contribution < 1.29 is 23.4 Å². The largest absolute Gasteiger partial charge is 0.387 e. The number of rotatable bonds is 6. The van der Waals surface area contributed by atoms with Crippen molar-refractivity contribution in [2.75, 3.05) is 13.2 Å². The highest BCUT2D eigenvalue weighted by Gasteiger charge is 2.61. The molecule has 4 saturated carbocycles. The molecule has 4 fully saturated rings. The molecule has 30 heavy (non-hydrogen) atoms. The second kappa shape index (κ2) is 7.95. The van der Waals surface area contributed by atoms with E-state index in [9.17, 15) is 18.7 Å². The van der Waals surface area contributed by atoms with Gasteiger partial charge in [0.1, 0.15) is 0 Å². The normalized spacial score (nSPS) is 45.9. The average molecular weight is 425 g/mol. The van der Waals surface area contributed by atoms with Crippen molar-refractivity contribution in [3.8, 4) is 0 Å². The minimum Gasteiger partial charge on any atom is -0.387 e. The zero-order chi connectivity index (χ0) is 21.7. The Labute approximate surface area is 179 Å². The summed E-state index contributed by atoms with van der Waals surface area (Å²) in [6.45, 7) is 8.33. The Bertz CT molecular complexity index is 679. The van der Waals surface area contributed by atoms with Crippen LogP contribution in [0.4, 0.5) is 8.78 Å². The fraction of sp³-hybridized carbons (Fsp3) is 0.880. The highest BCUT2D eigenvalue weighted by molar-refractivity contribution is 5.90. The standard InChI is InChI=1S/C25H38F2O3/c1-4-25(26,27)22(28)21-9-8-20-19-7-6-16-14-24(29,15-30-5-2)13-11-17(16)18(19)10-12-23(20,21)3/h4,16-21,29H,1,5-15H2,2-3H3/t16-,17+,18-,19-,20+,21-,23+,24-/m1/s1. The lowest BCUT2D eigenvalue weighted by molar-refractivity contribution is -0.151. The summed E-state index contributed by atoms with van der Waals surface area (Å²) >= 11 is 0. The van der Waals surface area contributed by atoms with E-state index < -0.39 is 23.2 Å². The first-order chi connectivity index (χ1) is 14.1. The summed E-state index contributed by atoms with van der Waals surface area (Å²) in [7, 11) is 0. The smallest absolute Gasteiger partial charge is 0.323 e. The fourth-order valence-corrected chi connectivity index (χ4v) is 8.15. The van der Waals surface area contributed by atoms with Crippen LogP contribution >= 0.6 is 0 Å². The van der Waals surface area contributed by atoms with Crippen molar-refractivity contribution in [3.05, 3.63) is 12.7 Å². The molecule has 170 valence electrons. The molecule has 1 N–H and O–H groups in total. The van der Waals surface area contributed by atoms with Crippen LogP contribution in [0.1, 0.15) is 71.6 Å². The van der Waals surface area contributed by atoms with Crippen LogP contribution < -0.4 is 0 Å². The molecule has 0 radical (unpaired) electrons. The highest BCUT2D eigenvalue weighted by Crippen LogP contribution is 2.65. The second-order valence-corrected chi connectivity index (χ2v) is 10.9. The van der Waals surface area contributed by atoms with Crippen molar-refractivity contribution in [2.45, 2.75) is 83.2 Å². The molecule has 4 aliphatic rings. The van der Waals surface area contributed by atoms with Gasteiger partial charge in [-0.2, -0.15) is 8.78 Å². The molecule has 4 rings (SSSR count). The Kier molecular flexibility index (Phi) is 5.93. The summed E-state index contributed by atoms with van der Waals surface area (Å²) < 4.78 is 33.8. The lowest BCUT2D eigenvalue weighted by Crippen LogP contribution is -2.53. The SMILES string of the molecule is C=CC(F)(F)C(=O)[C@H]1CC[C@H]2[C@@H]3CC[C@@H]4C[C@@](O)(COCC)CC[C@@H]4[C@H]3CC[C@]12C. The summed E-state index contributed by atoms with van der Waals surface area (Å²) in [6.07, 6.45) is 8.79. The van der Waals surface area contributed by atoms with Gasteiger partial charge in [0, 0.05) is 12.5 Å². The molecule has 0 unspecified atom stereocenters. The molecule has 0 aromatic carbocycles. The van der Waals surface area contributed by atoms with Gasteiger partial charge in [-0.15, -0.1) is 0 Å². The van der Waals surface area contributed by atoms with Crippen molar-refractivity contribution in [3.63, 3.8) is 0 Å². The first-order valence-corrected chi connectivity index (χ1v) is 12.0. The molecule has 8 atom stereocenters. The maximum Gasteiger partial charge on any atom is 0.323 e. The van der Waals surface area contributed by atoms with E-state index in [4.69, 9.17) is 4.74 Å². The number of alkyl halides is 2. The zero-order valence-electron chi connectivity index (χ0n) is 18.5. The maximum atomic E-state index is 14.1. The number of Topliss-reactive ketones (excluding diaryl/α,β-unsaturated/α-hetero) is 1. The third-order valence-corrected chi connectivity index (χ3v) is 9.58. The number of halogens is 2. The average Bonchev–Trinajstić information content (AvgIpc) is 3.08. The van der Waals surface area contributed by atoms with Crippen molar-refractivity contribution >= 4 is 5.78 Å². The first-order valence-electron chi connectivity index (χ1n) is 12.0. The molecular formula is C25H38F2O3. The minimum atomic E-state index is -3.41. The Morgan fingerprint density at radius 2 is 1.87 bits per heavy atom. The predicted octanol–water partition coefficient (Wildman–Crippen LogP) is 5.41. The van der Waals surface area contributed by atoms with Crippen LogP contribution in [0.25, 0.3) is 0 Å². The van der Waals surface area contributed by atoms with Gasteiger partial charge >= 0.3 is 5.92 Å². The van der Waals surface area contributed by atoms with Gasteiger partial charge in [-0.05, 0) is 106 Å². The van der Waals surface area contributed by atoms with Crippen molar-refractivity contribution in [2.24, 2.45) is 40.9 Å². The first kappa shape index (κ1) is 22.4. The summed E-state index contributed by atoms with van der Waals surface area (Å²) in [5.41, 5.74) is -0.990. The lowest BCUT2D eigenvalue weighted by Gasteiger charge is -2.57. The minimum absolute atomic E-state index is 0.304. The van der Waals surface area contributed by atoms with Crippen LogP contribution in [0, 0.1) is 40.9 Å². The van der Waals surface area contributed by atoms with Gasteiger partial charge in [-0.1, -0.05) is 13.5 Å². The van der Waals surface area contributed by atoms with E-state index in [0.717, 1.165) is 51.4 Å². The molecule has 0 amide bonds. The topological polar surface area (TPSA) is 46.5 Å². The maximum absolute atomic E-state index is 14.1. The lowest BCUT2D eigenvalue weighted by atomic mass is 9.48. The van der Waals surface area contributed by atoms with Crippen LogP contribution in [0.5, 0.6) is 0 Å². The van der Waals surface area contributed by atoms with E-state index in [1.54, 1.807) is 0 Å². The van der Waals surface area contributed by atoms with Gasteiger partial charge < -0.3 is 9.84 Å². The summed E-state index contributed by atoms with van der Waals surface area (Å²) in [5, 5.41) is 11.0. The van der Waals surface area contributed by atoms with Gasteiger partial charge in [-0.25, -0.2) is 0 Å². The van der Waals surface area contributed by atoms with E-state index >= 15 is 0 Å². The van der Waals surface area contributed by atoms with E-state index in [0.29, 0.717) is 55.3 Å².